The zero-order valence-corrected chi connectivity index (χ0v) is 20.0. The molecule has 1 fully saturated rings. The predicted octanol–water partition coefficient (Wildman–Crippen LogP) is 3.28. The number of hydrogen-bond acceptors (Lipinski definition) is 6. The first-order chi connectivity index (χ1) is 17.2. The first kappa shape index (κ1) is 24.4. The number of carbonyl (C=O) groups excluding carboxylic acids is 1. The lowest BCUT2D eigenvalue weighted by atomic mass is 9.94. The molecule has 1 unspecified atom stereocenters. The van der Waals surface area contributed by atoms with Crippen LogP contribution in [0.25, 0.3) is 16.9 Å². The number of pyridine rings is 1. The third-order valence-corrected chi connectivity index (χ3v) is 6.48. The van der Waals surface area contributed by atoms with E-state index in [9.17, 15) is 18.0 Å². The van der Waals surface area contributed by atoms with Crippen LogP contribution in [0.5, 0.6) is 11.5 Å². The van der Waals surface area contributed by atoms with Crippen LogP contribution in [0.4, 0.5) is 13.2 Å². The first-order valence-corrected chi connectivity index (χ1v) is 11.7. The first-order valence-electron chi connectivity index (χ1n) is 11.7. The summed E-state index contributed by atoms with van der Waals surface area (Å²) in [7, 11) is 3.46. The number of carbonyl (C=O) groups is 1. The van der Waals surface area contributed by atoms with Crippen molar-refractivity contribution in [2.24, 2.45) is 0 Å². The van der Waals surface area contributed by atoms with Gasteiger partial charge >= 0.3 is 6.18 Å². The lowest BCUT2D eigenvalue weighted by Gasteiger charge is -2.30. The predicted molar refractivity (Wildman–Crippen MR) is 126 cm³/mol. The number of benzene rings is 1. The van der Waals surface area contributed by atoms with Crippen molar-refractivity contribution in [2.45, 2.75) is 18.7 Å². The summed E-state index contributed by atoms with van der Waals surface area (Å²) in [4.78, 5) is 20.3. The number of amides is 1. The van der Waals surface area contributed by atoms with Gasteiger partial charge in [-0.05, 0) is 37.2 Å². The number of rotatable bonds is 6. The SMILES string of the molecule is COc1cc(-c2cnc3cc(OCC4CN(C)CCO4)ccn23)cc2c1C(=O)N(CC(F)(F)F)CC2. The molecule has 1 amide bonds. The summed E-state index contributed by atoms with van der Waals surface area (Å²) in [5.41, 5.74) is 3.02. The molecule has 0 N–H and O–H groups in total. The second-order valence-corrected chi connectivity index (χ2v) is 9.10. The maximum absolute atomic E-state index is 12.9. The van der Waals surface area contributed by atoms with Crippen LogP contribution in [-0.4, -0.2) is 90.9 Å². The van der Waals surface area contributed by atoms with Crippen LogP contribution < -0.4 is 9.47 Å². The van der Waals surface area contributed by atoms with Crippen LogP contribution in [0.3, 0.4) is 0 Å². The van der Waals surface area contributed by atoms with Gasteiger partial charge in [0.1, 0.15) is 36.4 Å². The Bertz CT molecular complexity index is 1260. The highest BCUT2D eigenvalue weighted by Crippen LogP contribution is 2.35. The van der Waals surface area contributed by atoms with Gasteiger partial charge in [-0.2, -0.15) is 13.2 Å². The topological polar surface area (TPSA) is 68.5 Å². The Morgan fingerprint density at radius 3 is 2.81 bits per heavy atom. The third kappa shape index (κ3) is 4.98. The third-order valence-electron chi connectivity index (χ3n) is 6.48. The second-order valence-electron chi connectivity index (χ2n) is 9.10. The van der Waals surface area contributed by atoms with Gasteiger partial charge in [-0.15, -0.1) is 0 Å². The van der Waals surface area contributed by atoms with E-state index in [2.05, 4.69) is 16.9 Å². The highest BCUT2D eigenvalue weighted by Gasteiger charge is 2.37. The molecule has 4 heterocycles. The van der Waals surface area contributed by atoms with E-state index in [1.807, 2.05) is 28.8 Å². The maximum Gasteiger partial charge on any atom is 0.406 e. The van der Waals surface area contributed by atoms with Gasteiger partial charge in [-0.25, -0.2) is 4.98 Å². The lowest BCUT2D eigenvalue weighted by Crippen LogP contribution is -2.43. The minimum Gasteiger partial charge on any atom is -0.496 e. The Balaban J connectivity index is 1.39. The molecular formula is C25H27F3N4O4. The van der Waals surface area contributed by atoms with Crippen molar-refractivity contribution < 1.29 is 32.2 Å². The molecule has 0 spiro atoms. The Hall–Kier alpha value is -3.31. The van der Waals surface area contributed by atoms with E-state index in [1.54, 1.807) is 12.3 Å². The van der Waals surface area contributed by atoms with Crippen LogP contribution in [-0.2, 0) is 11.2 Å². The van der Waals surface area contributed by atoms with Crippen molar-refractivity contribution in [1.29, 1.82) is 0 Å². The zero-order valence-electron chi connectivity index (χ0n) is 20.0. The Morgan fingerprint density at radius 2 is 2.06 bits per heavy atom. The number of aromatic nitrogens is 2. The van der Waals surface area contributed by atoms with Crippen LogP contribution in [0.2, 0.25) is 0 Å². The highest BCUT2D eigenvalue weighted by atomic mass is 19.4. The monoisotopic (exact) mass is 504 g/mol. The van der Waals surface area contributed by atoms with Crippen LogP contribution in [0, 0.1) is 0 Å². The fraction of sp³-hybridized carbons (Fsp3) is 0.440. The zero-order chi connectivity index (χ0) is 25.4. The number of methoxy groups -OCH3 is 1. The molecule has 11 heteroatoms. The minimum absolute atomic E-state index is 0.00742. The van der Waals surface area contributed by atoms with Gasteiger partial charge in [0.2, 0.25) is 0 Å². The van der Waals surface area contributed by atoms with Gasteiger partial charge in [0.25, 0.3) is 5.91 Å². The molecule has 5 rings (SSSR count). The summed E-state index contributed by atoms with van der Waals surface area (Å²) >= 11 is 0. The normalized spacial score (nSPS) is 19.0. The Morgan fingerprint density at radius 1 is 1.22 bits per heavy atom. The lowest BCUT2D eigenvalue weighted by molar-refractivity contribution is -0.141. The van der Waals surface area contributed by atoms with Gasteiger partial charge in [0.05, 0.1) is 31.2 Å². The number of morpholine rings is 1. The number of likely N-dealkylation sites (N-methyl/N-ethyl adjacent to an activating group) is 1. The molecule has 192 valence electrons. The summed E-state index contributed by atoms with van der Waals surface area (Å²) in [6, 6.07) is 7.17. The summed E-state index contributed by atoms with van der Waals surface area (Å²) in [6.45, 7) is 1.56. The van der Waals surface area contributed by atoms with Crippen molar-refractivity contribution in [2.75, 3.05) is 53.6 Å². The molecule has 8 nitrogen and oxygen atoms in total. The van der Waals surface area contributed by atoms with E-state index in [1.165, 1.54) is 7.11 Å². The smallest absolute Gasteiger partial charge is 0.406 e. The van der Waals surface area contributed by atoms with E-state index in [4.69, 9.17) is 14.2 Å². The van der Waals surface area contributed by atoms with E-state index < -0.39 is 18.6 Å². The molecule has 1 saturated heterocycles. The molecule has 1 atom stereocenters. The molecule has 0 saturated carbocycles. The molecule has 0 radical (unpaired) electrons. The van der Waals surface area contributed by atoms with Gasteiger partial charge in [0, 0.05) is 37.5 Å². The van der Waals surface area contributed by atoms with E-state index in [-0.39, 0.29) is 24.0 Å². The summed E-state index contributed by atoms with van der Waals surface area (Å²) in [6.07, 6.45) is -0.593. The number of ether oxygens (including phenoxy) is 3. The number of hydrogen-bond donors (Lipinski definition) is 0. The maximum atomic E-state index is 12.9. The van der Waals surface area contributed by atoms with Crippen LogP contribution >= 0.6 is 0 Å². The van der Waals surface area contributed by atoms with Gasteiger partial charge in [0.15, 0.2) is 0 Å². The largest absolute Gasteiger partial charge is 0.496 e. The van der Waals surface area contributed by atoms with Gasteiger partial charge in [-0.3, -0.25) is 9.20 Å². The van der Waals surface area contributed by atoms with Crippen molar-refractivity contribution in [3.63, 3.8) is 0 Å². The molecule has 2 aromatic heterocycles. The number of halogens is 3. The average molecular weight is 505 g/mol. The molecule has 36 heavy (non-hydrogen) atoms. The molecule has 0 bridgehead atoms. The van der Waals surface area contributed by atoms with Crippen molar-refractivity contribution >= 4 is 11.6 Å². The quantitative estimate of drug-likeness (QED) is 0.514. The fourth-order valence-electron chi connectivity index (χ4n) is 4.73. The van der Waals surface area contributed by atoms with Gasteiger partial charge < -0.3 is 24.0 Å². The number of alkyl halides is 3. The fourth-order valence-corrected chi connectivity index (χ4v) is 4.73. The van der Waals surface area contributed by atoms with E-state index in [0.29, 0.717) is 36.6 Å². The molecular weight excluding hydrogens is 477 g/mol. The number of imidazole rings is 1. The Kier molecular flexibility index (Phi) is 6.52. The standard InChI is InChI=1S/C25H27F3N4O4/c1-30-7-8-35-19(13-30)14-36-18-4-6-32-20(12-29-22(32)11-18)17-9-16-3-5-31(15-25(26,27)28)24(33)23(16)21(10-17)34-2/h4,6,9-12,19H,3,5,7-8,13-15H2,1-2H3. The second kappa shape index (κ2) is 9.62. The van der Waals surface area contributed by atoms with E-state index in [0.717, 1.165) is 29.2 Å². The molecule has 0 aliphatic carbocycles. The summed E-state index contributed by atoms with van der Waals surface area (Å²) < 4.78 is 57.7. The Labute approximate surface area is 206 Å². The van der Waals surface area contributed by atoms with Crippen molar-refractivity contribution in [3.05, 3.63) is 47.8 Å². The summed E-state index contributed by atoms with van der Waals surface area (Å²) in [5, 5.41) is 0. The van der Waals surface area contributed by atoms with Crippen molar-refractivity contribution in [1.82, 2.24) is 19.2 Å². The summed E-state index contributed by atoms with van der Waals surface area (Å²) in [5.74, 6) is 0.242. The number of fused-ring (bicyclic) bond motifs is 2. The molecule has 2 aliphatic heterocycles. The highest BCUT2D eigenvalue weighted by molar-refractivity contribution is 6.00. The molecule has 1 aromatic carbocycles. The minimum atomic E-state index is -4.46. The average Bonchev–Trinajstić information content (AvgIpc) is 3.26. The van der Waals surface area contributed by atoms with Gasteiger partial charge in [-0.1, -0.05) is 0 Å². The molecule has 2 aliphatic rings. The van der Waals surface area contributed by atoms with Crippen LogP contribution in [0.1, 0.15) is 15.9 Å². The van der Waals surface area contributed by atoms with E-state index >= 15 is 0 Å². The molecule has 3 aromatic rings. The van der Waals surface area contributed by atoms with Crippen molar-refractivity contribution in [3.8, 4) is 22.8 Å². The number of nitrogens with zero attached hydrogens (tertiary/aromatic N) is 4. The van der Waals surface area contributed by atoms with Crippen LogP contribution in [0.15, 0.2) is 36.7 Å².